The summed E-state index contributed by atoms with van der Waals surface area (Å²) >= 11 is 0. The third-order valence-electron chi connectivity index (χ3n) is 5.03. The van der Waals surface area contributed by atoms with Crippen molar-refractivity contribution in [2.75, 3.05) is 30.3 Å². The fourth-order valence-corrected chi connectivity index (χ4v) is 3.46. The summed E-state index contributed by atoms with van der Waals surface area (Å²) in [5.41, 5.74) is 3.61. The summed E-state index contributed by atoms with van der Waals surface area (Å²) < 4.78 is 40.8. The van der Waals surface area contributed by atoms with Crippen molar-refractivity contribution in [2.24, 2.45) is 5.73 Å². The first-order valence-corrected chi connectivity index (χ1v) is 9.83. The van der Waals surface area contributed by atoms with Crippen LogP contribution in [0.1, 0.15) is 34.3 Å². The molecular formula is C20H20F3N7O3. The molecule has 5 N–H and O–H groups in total. The van der Waals surface area contributed by atoms with Gasteiger partial charge >= 0.3 is 6.18 Å². The van der Waals surface area contributed by atoms with Crippen LogP contribution in [0.2, 0.25) is 0 Å². The van der Waals surface area contributed by atoms with Gasteiger partial charge < -0.3 is 26.4 Å². The van der Waals surface area contributed by atoms with Gasteiger partial charge in [0.1, 0.15) is 24.1 Å². The Labute approximate surface area is 186 Å². The number of hydrogen-bond acceptors (Lipinski definition) is 8. The minimum absolute atomic E-state index is 0.0991. The third kappa shape index (κ3) is 5.47. The van der Waals surface area contributed by atoms with Crippen molar-refractivity contribution in [1.29, 1.82) is 5.26 Å². The van der Waals surface area contributed by atoms with E-state index in [1.165, 1.54) is 23.1 Å². The highest BCUT2D eigenvalue weighted by Gasteiger charge is 2.36. The largest absolute Gasteiger partial charge is 0.421 e. The van der Waals surface area contributed by atoms with E-state index in [9.17, 15) is 28.0 Å². The Bertz CT molecular complexity index is 1100. The van der Waals surface area contributed by atoms with Crippen LogP contribution in [0.15, 0.2) is 24.4 Å². The number of nitrogens with one attached hydrogen (secondary N) is 2. The standard InChI is InChI=1S/C20H20F3N7O3/c21-20(22,23)14-8-26-19(27-12-4-2-6-30(9-12)15(32)10-31)29-18(14)28-16-11(7-24)3-1-5-13(16)17(25)33/h1,3,5,8,12,31H,2,4,6,9-10H2,(H2,25,33)(H2,26,27,28,29). The monoisotopic (exact) mass is 463 g/mol. The molecule has 0 spiro atoms. The van der Waals surface area contributed by atoms with Crippen LogP contribution >= 0.6 is 0 Å². The van der Waals surface area contributed by atoms with E-state index in [-0.39, 0.29) is 35.3 Å². The first-order valence-electron chi connectivity index (χ1n) is 9.83. The molecule has 174 valence electrons. The van der Waals surface area contributed by atoms with E-state index < -0.39 is 36.0 Å². The van der Waals surface area contributed by atoms with Gasteiger partial charge in [0.2, 0.25) is 11.9 Å². The number of aliphatic hydroxyl groups excluding tert-OH is 1. The highest BCUT2D eigenvalue weighted by atomic mass is 19.4. The number of rotatable bonds is 6. The molecule has 3 rings (SSSR count). The van der Waals surface area contributed by atoms with E-state index in [1.807, 2.05) is 0 Å². The lowest BCUT2D eigenvalue weighted by Crippen LogP contribution is -2.46. The molecule has 1 fully saturated rings. The van der Waals surface area contributed by atoms with E-state index in [1.54, 1.807) is 6.07 Å². The molecule has 1 atom stereocenters. The van der Waals surface area contributed by atoms with Gasteiger partial charge in [-0.3, -0.25) is 9.59 Å². The average Bonchev–Trinajstić information content (AvgIpc) is 2.78. The minimum atomic E-state index is -4.83. The number of carbonyl (C=O) groups excluding carboxylic acids is 2. The summed E-state index contributed by atoms with van der Waals surface area (Å²) in [6, 6.07) is 5.41. The number of benzene rings is 1. The number of halogens is 3. The molecule has 2 aromatic rings. The molecule has 2 amide bonds. The number of amides is 2. The second-order valence-corrected chi connectivity index (χ2v) is 7.26. The highest BCUT2D eigenvalue weighted by Crippen LogP contribution is 2.36. The van der Waals surface area contributed by atoms with E-state index in [0.717, 1.165) is 0 Å². The van der Waals surface area contributed by atoms with Crippen molar-refractivity contribution in [1.82, 2.24) is 14.9 Å². The minimum Gasteiger partial charge on any atom is -0.387 e. The Kier molecular flexibility index (Phi) is 6.98. The van der Waals surface area contributed by atoms with Gasteiger partial charge in [-0.15, -0.1) is 0 Å². The summed E-state index contributed by atoms with van der Waals surface area (Å²) in [5.74, 6) is -2.22. The van der Waals surface area contributed by atoms with Gasteiger partial charge in [0, 0.05) is 25.3 Å². The topological polar surface area (TPSA) is 157 Å². The lowest BCUT2D eigenvalue weighted by atomic mass is 10.1. The molecule has 1 aliphatic rings. The van der Waals surface area contributed by atoms with Crippen molar-refractivity contribution in [3.63, 3.8) is 0 Å². The molecule has 0 saturated carbocycles. The fourth-order valence-electron chi connectivity index (χ4n) is 3.46. The molecule has 1 saturated heterocycles. The van der Waals surface area contributed by atoms with E-state index in [2.05, 4.69) is 20.6 Å². The van der Waals surface area contributed by atoms with Gasteiger partial charge in [-0.05, 0) is 25.0 Å². The lowest BCUT2D eigenvalue weighted by molar-refractivity contribution is -0.137. The molecule has 1 aromatic carbocycles. The van der Waals surface area contributed by atoms with Gasteiger partial charge in [0.25, 0.3) is 5.91 Å². The Morgan fingerprint density at radius 3 is 2.76 bits per heavy atom. The van der Waals surface area contributed by atoms with Crippen LogP contribution in [0.3, 0.4) is 0 Å². The zero-order valence-corrected chi connectivity index (χ0v) is 17.2. The number of nitrogens with two attached hydrogens (primary N) is 1. The number of hydrogen-bond donors (Lipinski definition) is 4. The molecule has 10 nitrogen and oxygen atoms in total. The maximum Gasteiger partial charge on any atom is 0.421 e. The number of aliphatic hydroxyl groups is 1. The van der Waals surface area contributed by atoms with E-state index in [4.69, 9.17) is 10.8 Å². The number of nitriles is 1. The van der Waals surface area contributed by atoms with Gasteiger partial charge in [-0.2, -0.15) is 23.4 Å². The molecule has 1 aromatic heterocycles. The predicted molar refractivity (Wildman–Crippen MR) is 110 cm³/mol. The smallest absolute Gasteiger partial charge is 0.387 e. The molecule has 0 radical (unpaired) electrons. The second kappa shape index (κ2) is 9.70. The first kappa shape index (κ1) is 23.7. The highest BCUT2D eigenvalue weighted by molar-refractivity contribution is 6.00. The van der Waals surface area contributed by atoms with Crippen LogP contribution < -0.4 is 16.4 Å². The number of carbonyl (C=O) groups is 2. The maximum atomic E-state index is 13.6. The van der Waals surface area contributed by atoms with Crippen LogP contribution in [0.4, 0.5) is 30.6 Å². The van der Waals surface area contributed by atoms with Crippen LogP contribution in [-0.4, -0.2) is 57.5 Å². The van der Waals surface area contributed by atoms with Crippen LogP contribution in [0.5, 0.6) is 0 Å². The summed E-state index contributed by atoms with van der Waals surface area (Å²) in [7, 11) is 0. The lowest BCUT2D eigenvalue weighted by Gasteiger charge is -2.32. The number of nitrogens with zero attached hydrogens (tertiary/aromatic N) is 4. The zero-order chi connectivity index (χ0) is 24.2. The number of primary amides is 1. The summed E-state index contributed by atoms with van der Waals surface area (Å²) in [6.07, 6.45) is -3.03. The Morgan fingerprint density at radius 2 is 2.12 bits per heavy atom. The number of para-hydroxylation sites is 1. The van der Waals surface area contributed by atoms with Crippen LogP contribution in [0, 0.1) is 11.3 Å². The Balaban J connectivity index is 1.95. The number of likely N-dealkylation sites (tertiary alicyclic amines) is 1. The number of anilines is 3. The Hall–Kier alpha value is -3.92. The van der Waals surface area contributed by atoms with Crippen LogP contribution in [-0.2, 0) is 11.0 Å². The molecular weight excluding hydrogens is 443 g/mol. The number of aromatic nitrogens is 2. The normalized spacial score (nSPS) is 16.1. The second-order valence-electron chi connectivity index (χ2n) is 7.26. The fraction of sp³-hybridized carbons (Fsp3) is 0.350. The van der Waals surface area contributed by atoms with Crippen molar-refractivity contribution in [3.8, 4) is 6.07 Å². The predicted octanol–water partition coefficient (Wildman–Crippen LogP) is 1.60. The van der Waals surface area contributed by atoms with Gasteiger partial charge in [-0.25, -0.2) is 4.98 Å². The third-order valence-corrected chi connectivity index (χ3v) is 5.03. The van der Waals surface area contributed by atoms with Crippen molar-refractivity contribution in [3.05, 3.63) is 41.1 Å². The molecule has 0 aliphatic carbocycles. The molecule has 0 bridgehead atoms. The van der Waals surface area contributed by atoms with Gasteiger partial charge in [-0.1, -0.05) is 6.07 Å². The average molecular weight is 463 g/mol. The van der Waals surface area contributed by atoms with E-state index >= 15 is 0 Å². The van der Waals surface area contributed by atoms with Crippen molar-refractivity contribution in [2.45, 2.75) is 25.1 Å². The van der Waals surface area contributed by atoms with Crippen molar-refractivity contribution < 1.29 is 27.9 Å². The molecule has 33 heavy (non-hydrogen) atoms. The van der Waals surface area contributed by atoms with Crippen molar-refractivity contribution >= 4 is 29.3 Å². The zero-order valence-electron chi connectivity index (χ0n) is 17.2. The van der Waals surface area contributed by atoms with E-state index in [0.29, 0.717) is 25.6 Å². The summed E-state index contributed by atoms with van der Waals surface area (Å²) in [5, 5.41) is 23.7. The quantitative estimate of drug-likeness (QED) is 0.503. The molecule has 13 heteroatoms. The van der Waals surface area contributed by atoms with Crippen LogP contribution in [0.25, 0.3) is 0 Å². The molecule has 1 unspecified atom stereocenters. The maximum absolute atomic E-state index is 13.6. The number of piperidine rings is 1. The van der Waals surface area contributed by atoms with Gasteiger partial charge in [0.15, 0.2) is 0 Å². The SMILES string of the molecule is N#Cc1cccc(C(N)=O)c1Nc1nc(NC2CCCN(C(=O)CO)C2)ncc1C(F)(F)F. The number of alkyl halides is 3. The summed E-state index contributed by atoms with van der Waals surface area (Å²) in [6.45, 7) is 0.0345. The van der Waals surface area contributed by atoms with Gasteiger partial charge in [0.05, 0.1) is 16.8 Å². The molecule has 2 heterocycles. The Morgan fingerprint density at radius 1 is 1.36 bits per heavy atom. The first-order chi connectivity index (χ1) is 15.6. The molecule has 1 aliphatic heterocycles. The summed E-state index contributed by atoms with van der Waals surface area (Å²) in [4.78, 5) is 32.6.